The summed E-state index contributed by atoms with van der Waals surface area (Å²) >= 11 is 0. The van der Waals surface area contributed by atoms with Crippen LogP contribution in [0.25, 0.3) is 0 Å². The van der Waals surface area contributed by atoms with Crippen molar-refractivity contribution in [2.24, 2.45) is 0 Å². The molecule has 1 heterocycles. The highest BCUT2D eigenvalue weighted by Gasteiger charge is 2.58. The molecule has 0 saturated carbocycles. The van der Waals surface area contributed by atoms with Crippen LogP contribution in [0.4, 0.5) is 4.79 Å². The summed E-state index contributed by atoms with van der Waals surface area (Å²) in [6.45, 7) is 7.31. The Hall–Kier alpha value is -1.56. The van der Waals surface area contributed by atoms with Crippen LogP contribution in [0.5, 0.6) is 0 Å². The van der Waals surface area contributed by atoms with E-state index >= 15 is 0 Å². The Labute approximate surface area is 125 Å². The van der Waals surface area contributed by atoms with Crippen molar-refractivity contribution in [1.82, 2.24) is 4.90 Å². The third kappa shape index (κ3) is 3.97. The fraction of sp³-hybridized carbons (Fsp3) is 0.733. The maximum atomic E-state index is 11.9. The van der Waals surface area contributed by atoms with Crippen LogP contribution < -0.4 is 5.11 Å². The van der Waals surface area contributed by atoms with Crippen molar-refractivity contribution in [2.45, 2.75) is 64.7 Å². The zero-order valence-corrected chi connectivity index (χ0v) is 13.1. The average molecular weight is 298 g/mol. The highest BCUT2D eigenvalue weighted by atomic mass is 16.6. The maximum absolute atomic E-state index is 11.9. The van der Waals surface area contributed by atoms with E-state index in [1.54, 1.807) is 6.92 Å². The standard InChI is InChI=1S/C15H25NO5/c1-11(2)7-5-9-14(3)15(4,20)16(13(19)21-14)10-6-8-12(17)18/h7,20H,5-6,8-10H2,1-4H3,(H,17,18)/p-1/t14-,15-/m1/s1. The monoisotopic (exact) mass is 298 g/mol. The van der Waals surface area contributed by atoms with Gasteiger partial charge in [-0.15, -0.1) is 0 Å². The molecule has 21 heavy (non-hydrogen) atoms. The first kappa shape index (κ1) is 17.5. The predicted molar refractivity (Wildman–Crippen MR) is 75.1 cm³/mol. The number of rotatable bonds is 7. The van der Waals surface area contributed by atoms with Crippen molar-refractivity contribution in [2.75, 3.05) is 6.54 Å². The van der Waals surface area contributed by atoms with Crippen molar-refractivity contribution >= 4 is 12.1 Å². The molecule has 1 amide bonds. The molecule has 0 spiro atoms. The van der Waals surface area contributed by atoms with E-state index in [0.717, 1.165) is 5.57 Å². The van der Waals surface area contributed by atoms with Gasteiger partial charge in [0.2, 0.25) is 0 Å². The summed E-state index contributed by atoms with van der Waals surface area (Å²) in [5.74, 6) is -1.17. The van der Waals surface area contributed by atoms with Gasteiger partial charge in [0, 0.05) is 12.5 Å². The Kier molecular flexibility index (Phi) is 5.39. The second kappa shape index (κ2) is 6.47. The van der Waals surface area contributed by atoms with E-state index in [4.69, 9.17) is 4.74 Å². The lowest BCUT2D eigenvalue weighted by Crippen LogP contribution is -2.55. The van der Waals surface area contributed by atoms with Gasteiger partial charge in [0.05, 0.1) is 0 Å². The minimum atomic E-state index is -1.47. The molecule has 0 radical (unpaired) electrons. The van der Waals surface area contributed by atoms with Crippen molar-refractivity contribution in [1.29, 1.82) is 0 Å². The highest BCUT2D eigenvalue weighted by Crippen LogP contribution is 2.40. The maximum Gasteiger partial charge on any atom is 0.412 e. The van der Waals surface area contributed by atoms with Crippen LogP contribution in [0.1, 0.15) is 53.4 Å². The summed E-state index contributed by atoms with van der Waals surface area (Å²) in [6, 6.07) is 0. The third-order valence-electron chi connectivity index (χ3n) is 4.00. The van der Waals surface area contributed by atoms with Crippen LogP contribution in [-0.4, -0.2) is 39.9 Å². The number of carbonyl (C=O) groups excluding carboxylic acids is 2. The molecule has 1 rings (SSSR count). The van der Waals surface area contributed by atoms with Crippen LogP contribution in [0.15, 0.2) is 11.6 Å². The molecule has 0 aromatic heterocycles. The molecule has 1 fully saturated rings. The van der Waals surface area contributed by atoms with E-state index < -0.39 is 23.4 Å². The summed E-state index contributed by atoms with van der Waals surface area (Å²) in [5, 5.41) is 21.1. The molecule has 1 aliphatic rings. The number of carboxylic acid groups (broad SMARTS) is 1. The molecule has 6 nitrogen and oxygen atoms in total. The Balaban J connectivity index is 2.74. The summed E-state index contributed by atoms with van der Waals surface area (Å²) in [5.41, 5.74) is -1.32. The van der Waals surface area contributed by atoms with Crippen molar-refractivity contribution in [3.8, 4) is 0 Å². The van der Waals surface area contributed by atoms with E-state index in [0.29, 0.717) is 12.8 Å². The van der Waals surface area contributed by atoms with Gasteiger partial charge in [-0.1, -0.05) is 11.6 Å². The van der Waals surface area contributed by atoms with Gasteiger partial charge in [-0.2, -0.15) is 0 Å². The number of nitrogens with zero attached hydrogens (tertiary/aromatic N) is 1. The number of carboxylic acids is 1. The fourth-order valence-electron chi connectivity index (χ4n) is 2.42. The quantitative estimate of drug-likeness (QED) is 0.713. The fourth-order valence-corrected chi connectivity index (χ4v) is 2.42. The summed E-state index contributed by atoms with van der Waals surface area (Å²) in [7, 11) is 0. The normalized spacial score (nSPS) is 28.4. The molecule has 0 bridgehead atoms. The van der Waals surface area contributed by atoms with Gasteiger partial charge >= 0.3 is 6.09 Å². The van der Waals surface area contributed by atoms with Gasteiger partial charge in [-0.3, -0.25) is 4.90 Å². The van der Waals surface area contributed by atoms with Gasteiger partial charge in [0.1, 0.15) is 0 Å². The smallest absolute Gasteiger partial charge is 0.412 e. The van der Waals surface area contributed by atoms with Crippen LogP contribution in [-0.2, 0) is 9.53 Å². The van der Waals surface area contributed by atoms with Crippen molar-refractivity contribution in [3.05, 3.63) is 11.6 Å². The number of hydrogen-bond acceptors (Lipinski definition) is 5. The van der Waals surface area contributed by atoms with Crippen LogP contribution in [0, 0.1) is 0 Å². The Morgan fingerprint density at radius 3 is 2.57 bits per heavy atom. The van der Waals surface area contributed by atoms with Gasteiger partial charge in [-0.25, -0.2) is 4.79 Å². The molecule has 6 heteroatoms. The first-order valence-corrected chi connectivity index (χ1v) is 7.16. The SMILES string of the molecule is CC(C)=CCC[C@@]1(C)OC(=O)N(CCCC(=O)[O-])[C@]1(C)O. The lowest BCUT2D eigenvalue weighted by Gasteiger charge is -2.37. The first-order chi connectivity index (χ1) is 9.60. The number of hydrogen-bond donors (Lipinski definition) is 1. The number of aliphatic hydroxyl groups is 1. The number of ether oxygens (including phenoxy) is 1. The topological polar surface area (TPSA) is 89.9 Å². The van der Waals surface area contributed by atoms with E-state index in [-0.39, 0.29) is 19.4 Å². The molecular weight excluding hydrogens is 274 g/mol. The molecule has 0 aromatic rings. The minimum Gasteiger partial charge on any atom is -0.550 e. The molecule has 1 N–H and O–H groups in total. The highest BCUT2D eigenvalue weighted by molar-refractivity contribution is 5.72. The van der Waals surface area contributed by atoms with Crippen molar-refractivity contribution < 1.29 is 24.5 Å². The number of amides is 1. The summed E-state index contributed by atoms with van der Waals surface area (Å²) < 4.78 is 5.36. The molecular formula is C15H24NO5-. The largest absolute Gasteiger partial charge is 0.550 e. The van der Waals surface area contributed by atoms with Crippen LogP contribution in [0.3, 0.4) is 0 Å². The van der Waals surface area contributed by atoms with E-state index in [2.05, 4.69) is 0 Å². The third-order valence-corrected chi connectivity index (χ3v) is 4.00. The van der Waals surface area contributed by atoms with Gasteiger partial charge < -0.3 is 19.7 Å². The second-order valence-corrected chi connectivity index (χ2v) is 6.07. The summed E-state index contributed by atoms with van der Waals surface area (Å²) in [4.78, 5) is 23.6. The molecule has 1 saturated heterocycles. The Morgan fingerprint density at radius 2 is 2.05 bits per heavy atom. The molecule has 0 aliphatic carbocycles. The number of aliphatic carboxylic acids is 1. The molecule has 2 atom stereocenters. The molecule has 0 aromatic carbocycles. The van der Waals surface area contributed by atoms with E-state index in [9.17, 15) is 19.8 Å². The van der Waals surface area contributed by atoms with Gasteiger partial charge in [-0.05, 0) is 53.4 Å². The zero-order chi connectivity index (χ0) is 16.3. The number of carbonyl (C=O) groups is 2. The lowest BCUT2D eigenvalue weighted by molar-refractivity contribution is -0.305. The first-order valence-electron chi connectivity index (χ1n) is 7.16. The molecule has 0 unspecified atom stereocenters. The number of allylic oxidation sites excluding steroid dienone is 2. The van der Waals surface area contributed by atoms with Crippen molar-refractivity contribution in [3.63, 3.8) is 0 Å². The second-order valence-electron chi connectivity index (χ2n) is 6.07. The molecule has 1 aliphatic heterocycles. The average Bonchev–Trinajstić information content (AvgIpc) is 2.48. The van der Waals surface area contributed by atoms with Crippen LogP contribution >= 0.6 is 0 Å². The van der Waals surface area contributed by atoms with Gasteiger partial charge in [0.25, 0.3) is 0 Å². The van der Waals surface area contributed by atoms with Gasteiger partial charge in [0.15, 0.2) is 11.3 Å². The van der Waals surface area contributed by atoms with Crippen LogP contribution in [0.2, 0.25) is 0 Å². The Morgan fingerprint density at radius 1 is 1.43 bits per heavy atom. The predicted octanol–water partition coefficient (Wildman–Crippen LogP) is 1.18. The zero-order valence-electron chi connectivity index (χ0n) is 13.1. The van der Waals surface area contributed by atoms with E-state index in [1.165, 1.54) is 11.8 Å². The lowest BCUT2D eigenvalue weighted by atomic mass is 9.88. The summed E-state index contributed by atoms with van der Waals surface area (Å²) in [6.07, 6.45) is 2.65. The Bertz CT molecular complexity index is 439. The van der Waals surface area contributed by atoms with E-state index in [1.807, 2.05) is 19.9 Å². The molecule has 120 valence electrons. The minimum absolute atomic E-state index is 0.123. The number of cyclic esters (lactones) is 1.